The molecule has 4 fully saturated rings. The van der Waals surface area contributed by atoms with E-state index in [0.717, 1.165) is 12.1 Å². The lowest BCUT2D eigenvalue weighted by Crippen LogP contribution is -2.55. The molecule has 0 radical (unpaired) electrons. The maximum Gasteiger partial charge on any atom is 0.358 e. The van der Waals surface area contributed by atoms with Gasteiger partial charge in [0.1, 0.15) is 42.2 Å². The normalized spacial score (nSPS) is 30.7. The van der Waals surface area contributed by atoms with Crippen LogP contribution in [0.5, 0.6) is 29.0 Å². The van der Waals surface area contributed by atoms with Gasteiger partial charge in [0.25, 0.3) is 0 Å². The Morgan fingerprint density at radius 2 is 1.68 bits per heavy atom. The van der Waals surface area contributed by atoms with Gasteiger partial charge in [-0.05, 0) is 32.3 Å². The monoisotopic (exact) mass is 910 g/mol. The van der Waals surface area contributed by atoms with E-state index in [4.69, 9.17) is 47.5 Å². The molecule has 65 heavy (non-hydrogen) atoms. The molecule has 0 saturated carbocycles. The first-order chi connectivity index (χ1) is 31.2. The Morgan fingerprint density at radius 3 is 2.43 bits per heavy atom. The van der Waals surface area contributed by atoms with E-state index in [0.29, 0.717) is 37.1 Å². The first-order valence-corrected chi connectivity index (χ1v) is 21.4. The molecular weight excluding hydrogens is 860 g/mol. The number of ether oxygens (including phenoxy) is 9. The predicted octanol–water partition coefficient (Wildman–Crippen LogP) is 1.52. The minimum absolute atomic E-state index is 0.0629. The van der Waals surface area contributed by atoms with Crippen LogP contribution < -0.4 is 9.57 Å². The van der Waals surface area contributed by atoms with Gasteiger partial charge in [0, 0.05) is 67.8 Å². The second-order valence-electron chi connectivity index (χ2n) is 16.9. The van der Waals surface area contributed by atoms with Crippen molar-refractivity contribution < 1.29 is 92.2 Å². The summed E-state index contributed by atoms with van der Waals surface area (Å²) in [6.07, 6.45) is -5.23. The number of aromatic hydroxyl groups is 4. The van der Waals surface area contributed by atoms with Crippen LogP contribution in [0.25, 0.3) is 0 Å². The van der Waals surface area contributed by atoms with Crippen LogP contribution in [0.2, 0.25) is 0 Å². The number of carbonyl (C=O) groups excluding carboxylic acids is 4. The number of Topliss-reactive ketones (excluding diaryl/α,β-unsaturated/α-hetero) is 1. The van der Waals surface area contributed by atoms with Crippen molar-refractivity contribution in [2.24, 2.45) is 0 Å². The lowest BCUT2D eigenvalue weighted by Gasteiger charge is -2.43. The molecule has 1 aromatic heterocycles. The van der Waals surface area contributed by atoms with Gasteiger partial charge in [-0.25, -0.2) is 4.79 Å². The van der Waals surface area contributed by atoms with E-state index < -0.39 is 133 Å². The van der Waals surface area contributed by atoms with Gasteiger partial charge < -0.3 is 73.0 Å². The average Bonchev–Trinajstić information content (AvgIpc) is 3.83. The fourth-order valence-electron chi connectivity index (χ4n) is 9.85. The van der Waals surface area contributed by atoms with Crippen LogP contribution in [0.3, 0.4) is 0 Å². The van der Waals surface area contributed by atoms with Crippen LogP contribution in [0, 0.1) is 0 Å². The number of aliphatic hydroxyl groups is 1. The molecule has 2 unspecified atom stereocenters. The number of hydrogen-bond donors (Lipinski definition) is 5. The van der Waals surface area contributed by atoms with E-state index in [1.54, 1.807) is 0 Å². The molecule has 5 heterocycles. The number of phenolic OH excluding ortho intramolecular Hbond substituents is 2. The topological polar surface area (TPSA) is 270 Å². The zero-order valence-electron chi connectivity index (χ0n) is 35.7. The van der Waals surface area contributed by atoms with Crippen LogP contribution >= 0.6 is 0 Å². The molecule has 9 rings (SSSR count). The molecule has 21 heteroatoms. The van der Waals surface area contributed by atoms with Crippen LogP contribution in [-0.4, -0.2) is 161 Å². The summed E-state index contributed by atoms with van der Waals surface area (Å²) in [4.78, 5) is 61.7. The van der Waals surface area contributed by atoms with Gasteiger partial charge in [0.05, 0.1) is 55.3 Å². The molecule has 21 nitrogen and oxygen atoms in total. The summed E-state index contributed by atoms with van der Waals surface area (Å²) in [7, 11) is 2.86. The largest absolute Gasteiger partial charge is 0.507 e. The van der Waals surface area contributed by atoms with Crippen molar-refractivity contribution in [1.29, 1.82) is 0 Å². The maximum atomic E-state index is 14.2. The summed E-state index contributed by atoms with van der Waals surface area (Å²) in [5.74, 6) is -5.53. The summed E-state index contributed by atoms with van der Waals surface area (Å²) < 4.78 is 53.8. The second kappa shape index (κ2) is 17.9. The quantitative estimate of drug-likeness (QED) is 0.119. The van der Waals surface area contributed by atoms with Crippen molar-refractivity contribution in [2.45, 2.75) is 107 Å². The number of hydrogen-bond acceptors (Lipinski definition) is 20. The Kier molecular flexibility index (Phi) is 12.4. The Bertz CT molecular complexity index is 2350. The molecule has 3 aromatic rings. The third-order valence-corrected chi connectivity index (χ3v) is 12.9. The van der Waals surface area contributed by atoms with E-state index in [2.05, 4.69) is 4.90 Å². The van der Waals surface area contributed by atoms with Crippen molar-refractivity contribution in [3.63, 3.8) is 0 Å². The lowest BCUT2D eigenvalue weighted by molar-refractivity contribution is -0.256. The molecular formula is C44H50N2O19. The SMILES string of the molecule is COc1cccc2c1C(=O)c1c(O)c3c(c(O)c1C2=O)C[C@@](O)(C(=O)COC1CCCC(COCC(=O)On2c(O)ccc2O)O1)C[C@@H]3O[C@H]1C[C@H]2[C@H](O[C@@H]3[C@@H](OC)OCCN32)[C@H](C)O1. The van der Waals surface area contributed by atoms with E-state index >= 15 is 0 Å². The number of methoxy groups -OCH3 is 2. The Balaban J connectivity index is 0.947. The smallest absolute Gasteiger partial charge is 0.358 e. The van der Waals surface area contributed by atoms with Crippen LogP contribution in [0.4, 0.5) is 0 Å². The molecule has 0 bridgehead atoms. The summed E-state index contributed by atoms with van der Waals surface area (Å²) in [6, 6.07) is 6.45. The minimum atomic E-state index is -2.31. The van der Waals surface area contributed by atoms with E-state index in [1.165, 1.54) is 32.4 Å². The summed E-state index contributed by atoms with van der Waals surface area (Å²) >= 11 is 0. The van der Waals surface area contributed by atoms with E-state index in [1.807, 2.05) is 6.92 Å². The molecule has 10 atom stereocenters. The molecule has 4 aliphatic heterocycles. The molecule has 350 valence electrons. The molecule has 5 N–H and O–H groups in total. The zero-order valence-corrected chi connectivity index (χ0v) is 35.7. The van der Waals surface area contributed by atoms with Gasteiger partial charge in [-0.1, -0.05) is 12.1 Å². The van der Waals surface area contributed by atoms with E-state index in [-0.39, 0.29) is 53.2 Å². The Morgan fingerprint density at radius 1 is 0.908 bits per heavy atom. The number of nitrogens with zero attached hydrogens (tertiary/aromatic N) is 2. The maximum absolute atomic E-state index is 14.2. The fraction of sp³-hybridized carbons (Fsp3) is 0.545. The number of morpholine rings is 1. The number of aromatic nitrogens is 1. The van der Waals surface area contributed by atoms with Crippen molar-refractivity contribution in [2.75, 3.05) is 47.2 Å². The highest BCUT2D eigenvalue weighted by molar-refractivity contribution is 6.31. The molecule has 0 amide bonds. The van der Waals surface area contributed by atoms with Crippen molar-refractivity contribution in [1.82, 2.24) is 9.63 Å². The third-order valence-electron chi connectivity index (χ3n) is 12.9. The number of ketones is 3. The molecule has 6 aliphatic rings. The molecule has 0 spiro atoms. The summed E-state index contributed by atoms with van der Waals surface area (Å²) in [5, 5.41) is 55.8. The number of rotatable bonds is 13. The number of carbonyl (C=O) groups is 4. The van der Waals surface area contributed by atoms with Crippen LogP contribution in [0.1, 0.15) is 88.1 Å². The number of fused-ring (bicyclic) bond motifs is 6. The standard InChI is InChI=1S/C44H50N2O19/c1-20-41-24(45-12-13-59-43(57-3)42(45)64-41)14-32(61-20)63-26-16-44(55,15-23-34(26)40(54)36-35(38(23)52)37(51)22-7-5-8-25(56-2)33(22)39(36)53)27(47)18-60-31-9-4-6-21(62-31)17-58-19-30(50)65-46-28(48)10-11-29(46)49/h5,7-8,10-11,20-21,24,26,31-32,41-43,48-49,52,54-55H,4,6,9,12-19H2,1-3H3/t20-,21?,24-,26-,31?,32-,41+,42+,43-,44-/m0/s1. The molecule has 2 aromatic carbocycles. The highest BCUT2D eigenvalue weighted by atomic mass is 16.7. The third kappa shape index (κ3) is 8.13. The van der Waals surface area contributed by atoms with Gasteiger partial charge in [-0.15, -0.1) is 4.73 Å². The van der Waals surface area contributed by atoms with Gasteiger partial charge in [0.15, 0.2) is 36.7 Å². The summed E-state index contributed by atoms with van der Waals surface area (Å²) in [5.41, 5.74) is -3.69. The summed E-state index contributed by atoms with van der Waals surface area (Å²) in [6.45, 7) is 1.48. The van der Waals surface area contributed by atoms with Gasteiger partial charge in [0.2, 0.25) is 17.5 Å². The van der Waals surface area contributed by atoms with Crippen molar-refractivity contribution >= 4 is 23.3 Å². The minimum Gasteiger partial charge on any atom is -0.507 e. The number of benzene rings is 2. The van der Waals surface area contributed by atoms with Crippen molar-refractivity contribution in [3.05, 3.63) is 63.7 Å². The Hall–Kier alpha value is -5.20. The number of phenols is 2. The van der Waals surface area contributed by atoms with Gasteiger partial charge >= 0.3 is 5.97 Å². The zero-order chi connectivity index (χ0) is 45.9. The fourth-order valence-corrected chi connectivity index (χ4v) is 9.85. The predicted molar refractivity (Wildman–Crippen MR) is 215 cm³/mol. The average molecular weight is 911 g/mol. The van der Waals surface area contributed by atoms with Crippen LogP contribution in [-0.2, 0) is 53.9 Å². The highest BCUT2D eigenvalue weighted by Gasteiger charge is 2.55. The second-order valence-corrected chi connectivity index (χ2v) is 16.9. The first-order valence-electron chi connectivity index (χ1n) is 21.4. The highest BCUT2D eigenvalue weighted by Crippen LogP contribution is 2.53. The van der Waals surface area contributed by atoms with Crippen LogP contribution in [0.15, 0.2) is 30.3 Å². The Labute approximate surface area is 371 Å². The van der Waals surface area contributed by atoms with E-state index in [9.17, 15) is 44.7 Å². The molecule has 4 saturated heterocycles. The van der Waals surface area contributed by atoms with Gasteiger partial charge in [-0.3, -0.25) is 19.3 Å². The lowest BCUT2D eigenvalue weighted by atomic mass is 9.72. The first kappa shape index (κ1) is 45.0. The van der Waals surface area contributed by atoms with Gasteiger partial charge in [-0.2, -0.15) is 0 Å². The molecule has 2 aliphatic carbocycles. The van der Waals surface area contributed by atoms with Crippen molar-refractivity contribution in [3.8, 4) is 29.0 Å².